The van der Waals surface area contributed by atoms with Gasteiger partial charge in [0.1, 0.15) is 4.21 Å². The molecule has 7 heteroatoms. The second-order valence-corrected chi connectivity index (χ2v) is 7.19. The largest absolute Gasteiger partial charge is 0.398 e. The summed E-state index contributed by atoms with van der Waals surface area (Å²) >= 11 is 2.78. The topological polar surface area (TPSA) is 63.4 Å². The van der Waals surface area contributed by atoms with Crippen LogP contribution >= 0.6 is 23.1 Å². The Bertz CT molecular complexity index is 413. The number of thiophene rings is 1. The Morgan fingerprint density at radius 1 is 1.60 bits per heavy atom. The van der Waals surface area contributed by atoms with Crippen molar-refractivity contribution in [3.8, 4) is 0 Å². The van der Waals surface area contributed by atoms with E-state index in [9.17, 15) is 8.42 Å². The van der Waals surface area contributed by atoms with Crippen molar-refractivity contribution in [3.05, 3.63) is 11.4 Å². The van der Waals surface area contributed by atoms with Crippen molar-refractivity contribution >= 4 is 38.8 Å². The van der Waals surface area contributed by atoms with Gasteiger partial charge in [0.05, 0.1) is 0 Å². The first-order chi connectivity index (χ1) is 6.98. The van der Waals surface area contributed by atoms with Crippen LogP contribution in [0.2, 0.25) is 0 Å². The van der Waals surface area contributed by atoms with E-state index < -0.39 is 10.0 Å². The van der Waals surface area contributed by atoms with E-state index in [2.05, 4.69) is 0 Å². The third-order valence-corrected chi connectivity index (χ3v) is 5.75. The molecule has 15 heavy (non-hydrogen) atoms. The Labute approximate surface area is 98.5 Å². The van der Waals surface area contributed by atoms with Crippen LogP contribution in [-0.4, -0.2) is 38.3 Å². The van der Waals surface area contributed by atoms with Gasteiger partial charge in [-0.1, -0.05) is 0 Å². The summed E-state index contributed by atoms with van der Waals surface area (Å²) in [6.45, 7) is 0.515. The van der Waals surface area contributed by atoms with E-state index in [-0.39, 0.29) is 0 Å². The summed E-state index contributed by atoms with van der Waals surface area (Å²) in [4.78, 5) is 0. The SMILES string of the molecule is CSCCN(C)S(=O)(=O)c1cc(N)cs1. The molecule has 0 bridgehead atoms. The van der Waals surface area contributed by atoms with Gasteiger partial charge in [-0.2, -0.15) is 16.1 Å². The zero-order valence-electron chi connectivity index (χ0n) is 8.63. The van der Waals surface area contributed by atoms with Crippen molar-refractivity contribution in [1.29, 1.82) is 0 Å². The molecule has 0 unspecified atom stereocenters. The molecule has 1 aromatic rings. The van der Waals surface area contributed by atoms with E-state index in [1.54, 1.807) is 24.2 Å². The second kappa shape index (κ2) is 5.20. The Morgan fingerprint density at radius 3 is 2.73 bits per heavy atom. The first-order valence-corrected chi connectivity index (χ1v) is 7.99. The number of nitrogens with two attached hydrogens (primary N) is 1. The molecule has 86 valence electrons. The first-order valence-electron chi connectivity index (χ1n) is 4.27. The number of hydrogen-bond donors (Lipinski definition) is 1. The van der Waals surface area contributed by atoms with Crippen molar-refractivity contribution in [1.82, 2.24) is 4.31 Å². The molecular formula is C8H14N2O2S3. The molecular weight excluding hydrogens is 252 g/mol. The summed E-state index contributed by atoms with van der Waals surface area (Å²) in [6, 6.07) is 1.50. The van der Waals surface area contributed by atoms with Gasteiger partial charge < -0.3 is 5.73 Å². The van der Waals surface area contributed by atoms with Gasteiger partial charge in [-0.05, 0) is 12.3 Å². The van der Waals surface area contributed by atoms with Gasteiger partial charge in [0.2, 0.25) is 0 Å². The molecule has 0 atom stereocenters. The summed E-state index contributed by atoms with van der Waals surface area (Å²) in [7, 11) is -1.75. The Hall–Kier alpha value is -0.240. The Morgan fingerprint density at radius 2 is 2.27 bits per heavy atom. The van der Waals surface area contributed by atoms with Crippen LogP contribution in [0.25, 0.3) is 0 Å². The molecule has 0 amide bonds. The number of hydrogen-bond acceptors (Lipinski definition) is 5. The summed E-state index contributed by atoms with van der Waals surface area (Å²) in [5, 5.41) is 1.63. The van der Waals surface area contributed by atoms with Crippen molar-refractivity contribution < 1.29 is 8.42 Å². The number of rotatable bonds is 5. The molecule has 0 saturated carbocycles. The smallest absolute Gasteiger partial charge is 0.252 e. The van der Waals surface area contributed by atoms with Crippen LogP contribution in [0.1, 0.15) is 0 Å². The lowest BCUT2D eigenvalue weighted by Crippen LogP contribution is -2.28. The molecule has 1 aromatic heterocycles. The minimum Gasteiger partial charge on any atom is -0.398 e. The number of sulfonamides is 1. The second-order valence-electron chi connectivity index (χ2n) is 3.02. The molecule has 1 heterocycles. The summed E-state index contributed by atoms with van der Waals surface area (Å²) in [5.41, 5.74) is 6.00. The van der Waals surface area contributed by atoms with Crippen LogP contribution in [0.3, 0.4) is 0 Å². The van der Waals surface area contributed by atoms with E-state index in [0.29, 0.717) is 16.4 Å². The molecule has 0 aliphatic heterocycles. The van der Waals surface area contributed by atoms with Crippen molar-refractivity contribution in [2.24, 2.45) is 0 Å². The van der Waals surface area contributed by atoms with E-state index in [0.717, 1.165) is 17.1 Å². The van der Waals surface area contributed by atoms with Gasteiger partial charge in [0.25, 0.3) is 10.0 Å². The maximum atomic E-state index is 11.9. The maximum absolute atomic E-state index is 11.9. The molecule has 1 rings (SSSR count). The highest BCUT2D eigenvalue weighted by Crippen LogP contribution is 2.24. The minimum absolute atomic E-state index is 0.309. The number of nitrogens with zero attached hydrogens (tertiary/aromatic N) is 1. The van der Waals surface area contributed by atoms with Gasteiger partial charge >= 0.3 is 0 Å². The first kappa shape index (κ1) is 12.8. The zero-order chi connectivity index (χ0) is 11.5. The quantitative estimate of drug-likeness (QED) is 0.873. The zero-order valence-corrected chi connectivity index (χ0v) is 11.1. The van der Waals surface area contributed by atoms with E-state index >= 15 is 0 Å². The van der Waals surface area contributed by atoms with Gasteiger partial charge in [0, 0.05) is 30.4 Å². The van der Waals surface area contributed by atoms with Crippen LogP contribution in [0.15, 0.2) is 15.7 Å². The van der Waals surface area contributed by atoms with Crippen molar-refractivity contribution in [2.75, 3.05) is 31.3 Å². The highest BCUT2D eigenvalue weighted by Gasteiger charge is 2.21. The average Bonchev–Trinajstić information content (AvgIpc) is 2.61. The fourth-order valence-electron chi connectivity index (χ4n) is 0.959. The van der Waals surface area contributed by atoms with Crippen molar-refractivity contribution in [2.45, 2.75) is 4.21 Å². The highest BCUT2D eigenvalue weighted by molar-refractivity contribution is 7.98. The van der Waals surface area contributed by atoms with E-state index in [4.69, 9.17) is 5.73 Å². The summed E-state index contributed by atoms with van der Waals surface area (Å²) < 4.78 is 25.5. The Balaban J connectivity index is 2.83. The molecule has 2 N–H and O–H groups in total. The third kappa shape index (κ3) is 3.10. The lowest BCUT2D eigenvalue weighted by Gasteiger charge is -2.14. The molecule has 0 fully saturated rings. The maximum Gasteiger partial charge on any atom is 0.252 e. The molecule has 0 aliphatic carbocycles. The van der Waals surface area contributed by atoms with Crippen LogP contribution in [0.4, 0.5) is 5.69 Å². The fraction of sp³-hybridized carbons (Fsp3) is 0.500. The third-order valence-electron chi connectivity index (χ3n) is 1.87. The van der Waals surface area contributed by atoms with E-state index in [1.807, 2.05) is 6.26 Å². The van der Waals surface area contributed by atoms with Gasteiger partial charge in [-0.15, -0.1) is 11.3 Å². The normalized spacial score (nSPS) is 12.2. The number of nitrogen functional groups attached to an aromatic ring is 1. The van der Waals surface area contributed by atoms with Gasteiger partial charge in [0.15, 0.2) is 0 Å². The van der Waals surface area contributed by atoms with Crippen LogP contribution in [-0.2, 0) is 10.0 Å². The molecule has 0 aliphatic rings. The lowest BCUT2D eigenvalue weighted by molar-refractivity contribution is 0.490. The minimum atomic E-state index is -3.33. The number of anilines is 1. The number of thioether (sulfide) groups is 1. The standard InChI is InChI=1S/C8H14N2O2S3/c1-10(3-4-13-2)15(11,12)8-5-7(9)6-14-8/h5-6H,3-4,9H2,1-2H3. The van der Waals surface area contributed by atoms with Crippen LogP contribution in [0, 0.1) is 0 Å². The molecule has 4 nitrogen and oxygen atoms in total. The van der Waals surface area contributed by atoms with Crippen LogP contribution in [0.5, 0.6) is 0 Å². The fourth-order valence-corrected chi connectivity index (χ4v) is 3.99. The highest BCUT2D eigenvalue weighted by atomic mass is 32.2. The summed E-state index contributed by atoms with van der Waals surface area (Å²) in [5.74, 6) is 0.788. The van der Waals surface area contributed by atoms with Gasteiger partial charge in [-0.3, -0.25) is 0 Å². The lowest BCUT2D eigenvalue weighted by atomic mass is 10.6. The Kier molecular flexibility index (Phi) is 4.45. The predicted molar refractivity (Wildman–Crippen MR) is 66.9 cm³/mol. The molecule has 0 radical (unpaired) electrons. The van der Waals surface area contributed by atoms with Crippen molar-refractivity contribution in [3.63, 3.8) is 0 Å². The molecule has 0 aromatic carbocycles. The average molecular weight is 266 g/mol. The molecule has 0 spiro atoms. The van der Waals surface area contributed by atoms with E-state index in [1.165, 1.54) is 10.4 Å². The molecule has 0 saturated heterocycles. The summed E-state index contributed by atoms with van der Waals surface area (Å²) in [6.07, 6.45) is 1.95. The predicted octanol–water partition coefficient (Wildman–Crippen LogP) is 1.31. The van der Waals surface area contributed by atoms with Gasteiger partial charge in [-0.25, -0.2) is 8.42 Å². The monoisotopic (exact) mass is 266 g/mol. The van der Waals surface area contributed by atoms with Crippen LogP contribution < -0.4 is 5.73 Å².